The lowest BCUT2D eigenvalue weighted by Gasteiger charge is -2.33. The van der Waals surface area contributed by atoms with Crippen LogP contribution in [0.5, 0.6) is 0 Å². The Balaban J connectivity index is 1.83. The van der Waals surface area contributed by atoms with E-state index in [0.717, 1.165) is 10.5 Å². The van der Waals surface area contributed by atoms with Gasteiger partial charge in [0.25, 0.3) is 11.8 Å². The van der Waals surface area contributed by atoms with Crippen molar-refractivity contribution in [2.24, 2.45) is 17.8 Å². The van der Waals surface area contributed by atoms with Crippen molar-refractivity contribution in [2.75, 3.05) is 6.54 Å². The van der Waals surface area contributed by atoms with E-state index in [9.17, 15) is 32.8 Å². The van der Waals surface area contributed by atoms with Gasteiger partial charge < -0.3 is 25.6 Å². The third-order valence-electron chi connectivity index (χ3n) is 8.19. The van der Waals surface area contributed by atoms with Crippen molar-refractivity contribution in [2.45, 2.75) is 103 Å². The van der Waals surface area contributed by atoms with Gasteiger partial charge >= 0.3 is 6.09 Å². The number of likely N-dealkylation sites (tertiary alicyclic amines) is 1. The van der Waals surface area contributed by atoms with Gasteiger partial charge in [0.15, 0.2) is 0 Å². The summed E-state index contributed by atoms with van der Waals surface area (Å²) in [6, 6.07) is 4.95. The number of carbonyl (C=O) groups excluding carboxylic acids is 5. The maximum atomic E-state index is 14.9. The first kappa shape index (κ1) is 33.9. The molecule has 1 heterocycles. The second-order valence-electron chi connectivity index (χ2n) is 12.1. The molecular formula is C31H44F2N4O6. The highest BCUT2D eigenvalue weighted by atomic mass is 19.3. The molecule has 0 radical (unpaired) electrons. The monoisotopic (exact) mass is 606 g/mol. The first-order chi connectivity index (χ1) is 20.2. The number of nitrogens with zero attached hydrogens (tertiary/aromatic N) is 1. The number of rotatable bonds is 12. The third kappa shape index (κ3) is 8.08. The standard InChI is InChI=1S/C31H44F2N4O6/c1-7-11-23(26(38)28(40)34-19(6)20-12-9-8-10-13-20)35-27(39)25-21-14-15-31(32,33)22(21)16-37(25)29(41)24(17(2)3)36-30(42)43-18(4)5/h8-10,12-13,17-19,21-25H,7,11,14-16H2,1-6H3,(H,34,40)(H,35,39)(H,36,42)/t19-,21-,22-,23+,24-,25-/m0/s1. The highest BCUT2D eigenvalue weighted by Crippen LogP contribution is 2.51. The van der Waals surface area contributed by atoms with E-state index in [1.807, 2.05) is 18.2 Å². The van der Waals surface area contributed by atoms with Crippen LogP contribution in [0.1, 0.15) is 78.8 Å². The maximum Gasteiger partial charge on any atom is 0.408 e. The summed E-state index contributed by atoms with van der Waals surface area (Å²) in [7, 11) is 0. The number of ether oxygens (including phenoxy) is 1. The lowest BCUT2D eigenvalue weighted by molar-refractivity contribution is -0.144. The molecule has 0 spiro atoms. The molecule has 1 aliphatic carbocycles. The Morgan fingerprint density at radius 1 is 1.00 bits per heavy atom. The minimum absolute atomic E-state index is 0.0101. The number of ketones is 1. The first-order valence-corrected chi connectivity index (χ1v) is 15.0. The van der Waals surface area contributed by atoms with E-state index in [1.165, 1.54) is 0 Å². The summed E-state index contributed by atoms with van der Waals surface area (Å²) >= 11 is 0. The van der Waals surface area contributed by atoms with Gasteiger partial charge in [-0.05, 0) is 51.0 Å². The largest absolute Gasteiger partial charge is 0.447 e. The highest BCUT2D eigenvalue weighted by molar-refractivity contribution is 6.38. The average molecular weight is 607 g/mol. The van der Waals surface area contributed by atoms with Crippen molar-refractivity contribution in [3.05, 3.63) is 35.9 Å². The Kier molecular flexibility index (Phi) is 11.3. The quantitative estimate of drug-likeness (QED) is 0.311. The molecular weight excluding hydrogens is 562 g/mol. The average Bonchev–Trinajstić information content (AvgIpc) is 3.47. The second-order valence-corrected chi connectivity index (χ2v) is 12.1. The molecule has 238 valence electrons. The lowest BCUT2D eigenvalue weighted by atomic mass is 9.91. The van der Waals surface area contributed by atoms with Gasteiger partial charge in [-0.1, -0.05) is 57.5 Å². The minimum atomic E-state index is -3.08. The van der Waals surface area contributed by atoms with Crippen molar-refractivity contribution in [1.82, 2.24) is 20.9 Å². The van der Waals surface area contributed by atoms with Gasteiger partial charge in [-0.25, -0.2) is 13.6 Å². The Bertz CT molecular complexity index is 1180. The number of nitrogens with one attached hydrogen (secondary N) is 3. The predicted molar refractivity (Wildman–Crippen MR) is 155 cm³/mol. The van der Waals surface area contributed by atoms with Crippen LogP contribution in [-0.4, -0.2) is 71.2 Å². The molecule has 1 saturated carbocycles. The smallest absolute Gasteiger partial charge is 0.408 e. The van der Waals surface area contributed by atoms with Crippen molar-refractivity contribution in [1.29, 1.82) is 0 Å². The molecule has 1 aliphatic heterocycles. The predicted octanol–water partition coefficient (Wildman–Crippen LogP) is 3.75. The second kappa shape index (κ2) is 14.3. The lowest BCUT2D eigenvalue weighted by Crippen LogP contribution is -2.58. The van der Waals surface area contributed by atoms with Gasteiger partial charge in [0, 0.05) is 18.9 Å². The number of alkyl halides is 2. The number of Topliss-reactive ketones (excluding diaryl/α,β-unsaturated/α-hetero) is 1. The molecule has 0 unspecified atom stereocenters. The van der Waals surface area contributed by atoms with E-state index in [0.29, 0.717) is 6.42 Å². The van der Waals surface area contributed by atoms with E-state index in [2.05, 4.69) is 16.0 Å². The number of hydrogen-bond donors (Lipinski definition) is 3. The Hall–Kier alpha value is -3.57. The van der Waals surface area contributed by atoms with E-state index in [1.54, 1.807) is 53.7 Å². The molecule has 12 heteroatoms. The Morgan fingerprint density at radius 3 is 2.23 bits per heavy atom. The summed E-state index contributed by atoms with van der Waals surface area (Å²) in [5.41, 5.74) is 0.790. The van der Waals surface area contributed by atoms with Crippen LogP contribution in [0, 0.1) is 17.8 Å². The number of halogens is 2. The van der Waals surface area contributed by atoms with Crippen molar-refractivity contribution in [3.63, 3.8) is 0 Å². The molecule has 6 atom stereocenters. The molecule has 4 amide bonds. The van der Waals surface area contributed by atoms with Gasteiger partial charge in [0.1, 0.15) is 12.1 Å². The zero-order valence-electron chi connectivity index (χ0n) is 25.7. The van der Waals surface area contributed by atoms with Crippen LogP contribution in [0.4, 0.5) is 13.6 Å². The van der Waals surface area contributed by atoms with Crippen molar-refractivity contribution in [3.8, 4) is 0 Å². The van der Waals surface area contributed by atoms with Crippen molar-refractivity contribution >= 4 is 29.6 Å². The van der Waals surface area contributed by atoms with Crippen LogP contribution in [0.2, 0.25) is 0 Å². The molecule has 3 rings (SSSR count). The van der Waals surface area contributed by atoms with Crippen LogP contribution in [0.15, 0.2) is 30.3 Å². The molecule has 2 aliphatic rings. The Morgan fingerprint density at radius 2 is 1.65 bits per heavy atom. The molecule has 3 N–H and O–H groups in total. The first-order valence-electron chi connectivity index (χ1n) is 15.0. The topological polar surface area (TPSA) is 134 Å². The van der Waals surface area contributed by atoms with Crippen molar-refractivity contribution < 1.29 is 37.5 Å². The highest BCUT2D eigenvalue weighted by Gasteiger charge is 2.61. The normalized spacial score (nSPS) is 22.8. The van der Waals surface area contributed by atoms with Crippen LogP contribution < -0.4 is 16.0 Å². The van der Waals surface area contributed by atoms with Crippen LogP contribution >= 0.6 is 0 Å². The van der Waals surface area contributed by atoms with E-state index in [4.69, 9.17) is 4.74 Å². The number of fused-ring (bicyclic) bond motifs is 1. The summed E-state index contributed by atoms with van der Waals surface area (Å²) in [6.07, 6.45) is -1.11. The van der Waals surface area contributed by atoms with Crippen LogP contribution in [-0.2, 0) is 23.9 Å². The zero-order valence-corrected chi connectivity index (χ0v) is 25.7. The van der Waals surface area contributed by atoms with Gasteiger partial charge in [-0.3, -0.25) is 19.2 Å². The molecule has 1 aromatic rings. The fourth-order valence-electron chi connectivity index (χ4n) is 5.96. The third-order valence-corrected chi connectivity index (χ3v) is 8.19. The van der Waals surface area contributed by atoms with Gasteiger partial charge in [0.2, 0.25) is 17.6 Å². The number of alkyl carbamates (subject to hydrolysis) is 1. The summed E-state index contributed by atoms with van der Waals surface area (Å²) in [5.74, 6) is -8.83. The number of amides is 4. The number of benzene rings is 1. The van der Waals surface area contributed by atoms with Gasteiger partial charge in [-0.2, -0.15) is 0 Å². The van der Waals surface area contributed by atoms with E-state index >= 15 is 0 Å². The summed E-state index contributed by atoms with van der Waals surface area (Å²) in [4.78, 5) is 67.1. The molecule has 0 bridgehead atoms. The Labute approximate surface area is 251 Å². The number of carbonyl (C=O) groups is 5. The van der Waals surface area contributed by atoms with E-state index in [-0.39, 0.29) is 19.4 Å². The molecule has 43 heavy (non-hydrogen) atoms. The SMILES string of the molecule is CCC[C@@H](NC(=O)[C@@H]1[C@H]2CCC(F)(F)[C@H]2CN1C(=O)[C@@H](NC(=O)OC(C)C)C(C)C)C(=O)C(=O)N[C@@H](C)c1ccccc1. The van der Waals surface area contributed by atoms with Crippen LogP contribution in [0.3, 0.4) is 0 Å². The fourth-order valence-corrected chi connectivity index (χ4v) is 5.96. The molecule has 1 aromatic carbocycles. The molecule has 2 fully saturated rings. The fraction of sp³-hybridized carbons (Fsp3) is 0.645. The van der Waals surface area contributed by atoms with E-state index < -0.39 is 90.0 Å². The summed E-state index contributed by atoms with van der Waals surface area (Å²) in [5, 5.41) is 7.79. The molecule has 1 saturated heterocycles. The molecule has 0 aromatic heterocycles. The van der Waals surface area contributed by atoms with Gasteiger partial charge in [-0.15, -0.1) is 0 Å². The number of hydrogen-bond acceptors (Lipinski definition) is 6. The summed E-state index contributed by atoms with van der Waals surface area (Å²) < 4.78 is 34.9. The zero-order chi connectivity index (χ0) is 32.1. The summed E-state index contributed by atoms with van der Waals surface area (Å²) in [6.45, 7) is 9.80. The maximum absolute atomic E-state index is 14.9. The van der Waals surface area contributed by atoms with Crippen LogP contribution in [0.25, 0.3) is 0 Å². The minimum Gasteiger partial charge on any atom is -0.447 e. The molecule has 10 nitrogen and oxygen atoms in total. The van der Waals surface area contributed by atoms with Gasteiger partial charge in [0.05, 0.1) is 18.2 Å².